The molecule has 1 fully saturated rings. The van der Waals surface area contributed by atoms with E-state index in [2.05, 4.69) is 26.5 Å². The number of anilines is 2. The van der Waals surface area contributed by atoms with E-state index in [-0.39, 0.29) is 24.5 Å². The van der Waals surface area contributed by atoms with Crippen LogP contribution in [-0.4, -0.2) is 46.8 Å². The molecule has 3 aromatic carbocycles. The summed E-state index contributed by atoms with van der Waals surface area (Å²) in [5.41, 5.74) is 1.68. The summed E-state index contributed by atoms with van der Waals surface area (Å²) < 4.78 is 38.4. The highest BCUT2D eigenvalue weighted by molar-refractivity contribution is 6.00. The van der Waals surface area contributed by atoms with Crippen molar-refractivity contribution in [2.24, 2.45) is 0 Å². The zero-order chi connectivity index (χ0) is 26.9. The molecule has 39 heavy (non-hydrogen) atoms. The number of hydrogen-bond donors (Lipinski definition) is 1. The van der Waals surface area contributed by atoms with Crippen molar-refractivity contribution in [3.8, 4) is 17.3 Å². The Balaban J connectivity index is 0.00000353. The van der Waals surface area contributed by atoms with Crippen molar-refractivity contribution in [1.29, 1.82) is 5.26 Å². The van der Waals surface area contributed by atoms with Crippen molar-refractivity contribution >= 4 is 40.7 Å². The van der Waals surface area contributed by atoms with Gasteiger partial charge >= 0.3 is 12.2 Å². The highest BCUT2D eigenvalue weighted by atomic mass is 35.5. The van der Waals surface area contributed by atoms with Crippen molar-refractivity contribution < 1.29 is 18.0 Å². The Morgan fingerprint density at radius 3 is 2.26 bits per heavy atom. The summed E-state index contributed by atoms with van der Waals surface area (Å²) >= 11 is 0. The number of fused-ring (bicyclic) bond motifs is 1. The number of aromatic nitrogens is 2. The van der Waals surface area contributed by atoms with Gasteiger partial charge in [0, 0.05) is 47.7 Å². The van der Waals surface area contributed by atoms with Crippen molar-refractivity contribution in [3.63, 3.8) is 0 Å². The van der Waals surface area contributed by atoms with Gasteiger partial charge in [0.1, 0.15) is 5.69 Å². The average molecular weight is 553 g/mol. The van der Waals surface area contributed by atoms with Gasteiger partial charge in [-0.3, -0.25) is 0 Å². The maximum absolute atomic E-state index is 12.9. The molecule has 0 aliphatic carbocycles. The van der Waals surface area contributed by atoms with Crippen molar-refractivity contribution in [3.05, 3.63) is 83.9 Å². The van der Waals surface area contributed by atoms with Crippen LogP contribution < -0.4 is 10.2 Å². The van der Waals surface area contributed by atoms with Gasteiger partial charge in [0.25, 0.3) is 0 Å². The normalized spacial score (nSPS) is 15.4. The number of hydrogen-bond acceptors (Lipinski definition) is 5. The minimum Gasteiger partial charge on any atom is -0.351 e. The second-order valence-electron chi connectivity index (χ2n) is 9.10. The third kappa shape index (κ3) is 5.73. The van der Waals surface area contributed by atoms with E-state index in [9.17, 15) is 18.0 Å². The molecule has 1 saturated heterocycles. The van der Waals surface area contributed by atoms with E-state index < -0.39 is 11.7 Å². The fourth-order valence-electron chi connectivity index (χ4n) is 4.63. The number of nitrogens with zero attached hydrogens (tertiary/aromatic N) is 5. The number of piperazine rings is 1. The summed E-state index contributed by atoms with van der Waals surface area (Å²) in [5, 5.41) is 22.7. The molecule has 0 unspecified atom stereocenters. The van der Waals surface area contributed by atoms with E-state index in [1.54, 1.807) is 17.0 Å². The van der Waals surface area contributed by atoms with Crippen LogP contribution in [0.1, 0.15) is 18.1 Å². The van der Waals surface area contributed by atoms with Crippen molar-refractivity contribution in [2.75, 3.05) is 29.9 Å². The van der Waals surface area contributed by atoms with Crippen LogP contribution in [-0.2, 0) is 6.18 Å². The third-order valence-electron chi connectivity index (χ3n) is 6.61. The Labute approximate surface area is 229 Å². The molecular formula is C28H24ClF3N6O. The zero-order valence-corrected chi connectivity index (χ0v) is 21.6. The number of amides is 2. The lowest BCUT2D eigenvalue weighted by molar-refractivity contribution is -0.137. The lowest BCUT2D eigenvalue weighted by Gasteiger charge is -2.40. The van der Waals surface area contributed by atoms with Crippen LogP contribution in [0, 0.1) is 11.3 Å². The summed E-state index contributed by atoms with van der Waals surface area (Å²) in [5.74, 6) is 0.715. The van der Waals surface area contributed by atoms with Crippen LogP contribution in [0.25, 0.3) is 22.0 Å². The first-order valence-corrected chi connectivity index (χ1v) is 12.0. The average Bonchev–Trinajstić information content (AvgIpc) is 2.92. The lowest BCUT2D eigenvalue weighted by Crippen LogP contribution is -2.55. The van der Waals surface area contributed by atoms with Gasteiger partial charge in [-0.15, -0.1) is 22.6 Å². The number of carbonyl (C=O) groups is 1. The second-order valence-corrected chi connectivity index (χ2v) is 9.10. The van der Waals surface area contributed by atoms with E-state index in [4.69, 9.17) is 5.26 Å². The molecule has 11 heteroatoms. The molecule has 0 spiro atoms. The molecule has 4 aromatic rings. The predicted molar refractivity (Wildman–Crippen MR) is 146 cm³/mol. The SMILES string of the molecule is C[C@H]1CN(c2nnc(-c3ccc(C#N)cc3)c3ccccc23)CCN1C(=O)Nc1ccc(C(F)(F)F)cc1.Cl. The quantitative estimate of drug-likeness (QED) is 0.320. The molecular weight excluding hydrogens is 529 g/mol. The van der Waals surface area contributed by atoms with E-state index in [1.165, 1.54) is 12.1 Å². The number of benzene rings is 3. The zero-order valence-electron chi connectivity index (χ0n) is 20.8. The number of nitriles is 1. The highest BCUT2D eigenvalue weighted by Crippen LogP contribution is 2.33. The third-order valence-corrected chi connectivity index (χ3v) is 6.61. The molecule has 1 atom stereocenters. The molecule has 200 valence electrons. The molecule has 1 N–H and O–H groups in total. The van der Waals surface area contributed by atoms with Crippen LogP contribution in [0.4, 0.5) is 29.5 Å². The summed E-state index contributed by atoms with van der Waals surface area (Å²) in [4.78, 5) is 16.6. The van der Waals surface area contributed by atoms with Gasteiger partial charge in [-0.2, -0.15) is 18.4 Å². The Morgan fingerprint density at radius 1 is 0.974 bits per heavy atom. The first-order valence-electron chi connectivity index (χ1n) is 12.0. The summed E-state index contributed by atoms with van der Waals surface area (Å²) in [6, 6.07) is 21.0. The fourth-order valence-corrected chi connectivity index (χ4v) is 4.63. The molecule has 2 heterocycles. The van der Waals surface area contributed by atoms with Crippen molar-refractivity contribution in [1.82, 2.24) is 15.1 Å². The van der Waals surface area contributed by atoms with E-state index in [0.29, 0.717) is 36.7 Å². The van der Waals surface area contributed by atoms with Crippen LogP contribution in [0.3, 0.4) is 0 Å². The number of halogens is 4. The molecule has 0 radical (unpaired) electrons. The predicted octanol–water partition coefficient (Wildman–Crippen LogP) is 6.35. The Morgan fingerprint density at radius 2 is 1.64 bits per heavy atom. The van der Waals surface area contributed by atoms with Crippen LogP contribution >= 0.6 is 12.4 Å². The number of alkyl halides is 3. The van der Waals surface area contributed by atoms with Crippen molar-refractivity contribution in [2.45, 2.75) is 19.1 Å². The van der Waals surface area contributed by atoms with Gasteiger partial charge in [0.2, 0.25) is 0 Å². The van der Waals surface area contributed by atoms with Crippen LogP contribution in [0.5, 0.6) is 0 Å². The highest BCUT2D eigenvalue weighted by Gasteiger charge is 2.31. The van der Waals surface area contributed by atoms with E-state index in [0.717, 1.165) is 34.2 Å². The molecule has 1 aliphatic rings. The first-order chi connectivity index (χ1) is 18.2. The van der Waals surface area contributed by atoms with Gasteiger partial charge in [0.05, 0.1) is 17.2 Å². The Bertz CT molecular complexity index is 1520. The molecule has 0 saturated carbocycles. The number of urea groups is 1. The lowest BCUT2D eigenvalue weighted by atomic mass is 10.0. The monoisotopic (exact) mass is 552 g/mol. The topological polar surface area (TPSA) is 85.2 Å². The molecule has 0 bridgehead atoms. The van der Waals surface area contributed by atoms with Gasteiger partial charge < -0.3 is 15.1 Å². The summed E-state index contributed by atoms with van der Waals surface area (Å²) in [7, 11) is 0. The second kappa shape index (κ2) is 11.2. The Kier molecular flexibility index (Phi) is 7.93. The maximum Gasteiger partial charge on any atom is 0.416 e. The van der Waals surface area contributed by atoms with E-state index >= 15 is 0 Å². The first kappa shape index (κ1) is 27.7. The number of nitrogens with one attached hydrogen (secondary N) is 1. The van der Waals surface area contributed by atoms with Gasteiger partial charge in [0.15, 0.2) is 5.82 Å². The minimum atomic E-state index is -4.43. The van der Waals surface area contributed by atoms with Crippen LogP contribution in [0.2, 0.25) is 0 Å². The largest absolute Gasteiger partial charge is 0.416 e. The van der Waals surface area contributed by atoms with Crippen LogP contribution in [0.15, 0.2) is 72.8 Å². The summed E-state index contributed by atoms with van der Waals surface area (Å²) in [6.07, 6.45) is -4.43. The molecule has 1 aliphatic heterocycles. The molecule has 7 nitrogen and oxygen atoms in total. The maximum atomic E-state index is 12.9. The van der Waals surface area contributed by atoms with E-state index in [1.807, 2.05) is 43.3 Å². The molecule has 1 aromatic heterocycles. The Hall–Kier alpha value is -4.36. The standard InChI is InChI=1S/C28H23F3N6O.ClH/c1-18-17-36(14-15-37(18)27(38)33-22-12-10-21(11-13-22)28(29,30)31)26-24-5-3-2-4-23(24)25(34-35-26)20-8-6-19(16-32)7-9-20;/h2-13,18H,14-15,17H2,1H3,(H,33,38);1H/t18-;/m0./s1. The summed E-state index contributed by atoms with van der Waals surface area (Å²) in [6.45, 7) is 3.34. The molecule has 5 rings (SSSR count). The van der Waals surface area contributed by atoms with Gasteiger partial charge in [-0.1, -0.05) is 36.4 Å². The number of carbonyl (C=O) groups excluding carboxylic acids is 1. The molecule has 2 amide bonds. The smallest absolute Gasteiger partial charge is 0.351 e. The van der Waals surface area contributed by atoms with Gasteiger partial charge in [-0.25, -0.2) is 4.79 Å². The fraction of sp³-hybridized carbons (Fsp3) is 0.214. The minimum absolute atomic E-state index is 0. The van der Waals surface area contributed by atoms with Gasteiger partial charge in [-0.05, 0) is 43.3 Å². The number of rotatable bonds is 3.